The van der Waals surface area contributed by atoms with E-state index in [4.69, 9.17) is 5.73 Å². The normalized spacial score (nSPS) is 27.3. The maximum atomic E-state index is 11.9. The number of aromatic nitrogens is 1. The maximum absolute atomic E-state index is 11.9. The molecule has 0 saturated carbocycles. The molecule has 132 valence electrons. The van der Waals surface area contributed by atoms with E-state index in [0.29, 0.717) is 30.2 Å². The van der Waals surface area contributed by atoms with Crippen molar-refractivity contribution in [2.24, 2.45) is 5.73 Å². The molecule has 1 aliphatic carbocycles. The van der Waals surface area contributed by atoms with Gasteiger partial charge in [0.1, 0.15) is 5.78 Å². The summed E-state index contributed by atoms with van der Waals surface area (Å²) in [7, 11) is 0. The Balaban J connectivity index is 1.56. The molecule has 25 heavy (non-hydrogen) atoms. The van der Waals surface area contributed by atoms with Gasteiger partial charge in [0.25, 0.3) is 5.91 Å². The molecular formula is C19H24N4O2. The van der Waals surface area contributed by atoms with Crippen LogP contribution in [0, 0.1) is 0 Å². The van der Waals surface area contributed by atoms with E-state index < -0.39 is 5.91 Å². The predicted octanol–water partition coefficient (Wildman–Crippen LogP) is 1.75. The smallest absolute Gasteiger partial charge is 0.252 e. The van der Waals surface area contributed by atoms with E-state index in [0.717, 1.165) is 49.0 Å². The number of carbonyl (C=O) groups excluding carboxylic acids is 2. The Morgan fingerprint density at radius 2 is 2.04 bits per heavy atom. The molecule has 2 bridgehead atoms. The molecule has 6 heteroatoms. The maximum Gasteiger partial charge on any atom is 0.252 e. The number of carbonyl (C=O) groups is 2. The fourth-order valence-corrected chi connectivity index (χ4v) is 4.65. The minimum atomic E-state index is -0.449. The standard InChI is InChI=1S/C19H24N4O2/c1-11(24)10-23-13-5-6-14(23)8-12(7-13)22-18-15-3-2-4-17(15)21-9-16(18)19(20)25/h2-3,9,12-14H,4-8,10H2,1H3,(H2,20,25)(H,21,22)/t13-,14-/m0/s1. The van der Waals surface area contributed by atoms with Crippen LogP contribution in [0.1, 0.15) is 54.2 Å². The number of amides is 1. The van der Waals surface area contributed by atoms with Gasteiger partial charge in [-0.3, -0.25) is 19.5 Å². The number of nitrogens with two attached hydrogens (primary N) is 1. The Hall–Kier alpha value is -2.21. The molecule has 4 rings (SSSR count). The minimum absolute atomic E-state index is 0.233. The highest BCUT2D eigenvalue weighted by atomic mass is 16.1. The Labute approximate surface area is 147 Å². The summed E-state index contributed by atoms with van der Waals surface area (Å²) < 4.78 is 0. The second-order valence-electron chi connectivity index (χ2n) is 7.45. The lowest BCUT2D eigenvalue weighted by atomic mass is 9.95. The van der Waals surface area contributed by atoms with Crippen molar-refractivity contribution in [3.05, 3.63) is 29.1 Å². The van der Waals surface area contributed by atoms with Crippen molar-refractivity contribution in [3.63, 3.8) is 0 Å². The molecular weight excluding hydrogens is 316 g/mol. The number of primary amides is 1. The Kier molecular flexibility index (Phi) is 4.07. The molecule has 0 unspecified atom stereocenters. The van der Waals surface area contributed by atoms with Gasteiger partial charge in [0.05, 0.1) is 23.5 Å². The number of hydrogen-bond donors (Lipinski definition) is 2. The van der Waals surface area contributed by atoms with E-state index in [9.17, 15) is 9.59 Å². The van der Waals surface area contributed by atoms with Gasteiger partial charge in [-0.15, -0.1) is 0 Å². The SMILES string of the molecule is CC(=O)CN1[C@H]2CC[C@H]1CC(Nc1c(C(N)=O)cnc3c1C=CC3)C2. The summed E-state index contributed by atoms with van der Waals surface area (Å²) in [4.78, 5) is 30.1. The Morgan fingerprint density at radius 3 is 2.68 bits per heavy atom. The van der Waals surface area contributed by atoms with E-state index in [1.807, 2.05) is 6.08 Å². The van der Waals surface area contributed by atoms with Gasteiger partial charge in [0.2, 0.25) is 0 Å². The van der Waals surface area contributed by atoms with Crippen LogP contribution >= 0.6 is 0 Å². The third-order valence-electron chi connectivity index (χ3n) is 5.70. The average Bonchev–Trinajstić information content (AvgIpc) is 3.10. The number of nitrogens with one attached hydrogen (secondary N) is 1. The molecule has 2 atom stereocenters. The van der Waals surface area contributed by atoms with Gasteiger partial charge in [-0.05, 0) is 32.6 Å². The van der Waals surface area contributed by atoms with Crippen molar-refractivity contribution in [3.8, 4) is 0 Å². The number of anilines is 1. The fraction of sp³-hybridized carbons (Fsp3) is 0.526. The van der Waals surface area contributed by atoms with Crippen LogP contribution < -0.4 is 11.1 Å². The molecule has 3 heterocycles. The number of Topliss-reactive ketones (excluding diaryl/α,β-unsaturated/α-hetero) is 1. The van der Waals surface area contributed by atoms with Gasteiger partial charge in [0.15, 0.2) is 0 Å². The van der Waals surface area contributed by atoms with Gasteiger partial charge in [-0.25, -0.2) is 0 Å². The van der Waals surface area contributed by atoms with E-state index in [2.05, 4.69) is 21.3 Å². The molecule has 2 aliphatic heterocycles. The van der Waals surface area contributed by atoms with Gasteiger partial charge in [0, 0.05) is 36.3 Å². The molecule has 1 amide bonds. The number of nitrogens with zero attached hydrogens (tertiary/aromatic N) is 2. The van der Waals surface area contributed by atoms with Crippen molar-refractivity contribution >= 4 is 23.5 Å². The summed E-state index contributed by atoms with van der Waals surface area (Å²) in [6.07, 6.45) is 10.7. The molecule has 0 radical (unpaired) electrons. The molecule has 0 spiro atoms. The Morgan fingerprint density at radius 1 is 1.32 bits per heavy atom. The summed E-state index contributed by atoms with van der Waals surface area (Å²) >= 11 is 0. The first-order valence-electron chi connectivity index (χ1n) is 9.03. The highest BCUT2D eigenvalue weighted by Gasteiger charge is 2.41. The molecule has 2 fully saturated rings. The molecule has 6 nitrogen and oxygen atoms in total. The van der Waals surface area contributed by atoms with Crippen LogP contribution in [0.2, 0.25) is 0 Å². The third-order valence-corrected chi connectivity index (χ3v) is 5.70. The zero-order valence-corrected chi connectivity index (χ0v) is 14.5. The van der Waals surface area contributed by atoms with Crippen LogP contribution in [0.4, 0.5) is 5.69 Å². The lowest BCUT2D eigenvalue weighted by Crippen LogP contribution is -2.48. The number of pyridine rings is 1. The molecule has 0 aromatic carbocycles. The molecule has 3 aliphatic rings. The first-order chi connectivity index (χ1) is 12.0. The highest BCUT2D eigenvalue weighted by Crippen LogP contribution is 2.38. The van der Waals surface area contributed by atoms with Crippen LogP contribution in [-0.4, -0.2) is 46.2 Å². The predicted molar refractivity (Wildman–Crippen MR) is 96.3 cm³/mol. The summed E-state index contributed by atoms with van der Waals surface area (Å²) in [6.45, 7) is 2.22. The number of piperidine rings is 1. The van der Waals surface area contributed by atoms with E-state index in [-0.39, 0.29) is 5.78 Å². The average molecular weight is 340 g/mol. The largest absolute Gasteiger partial charge is 0.381 e. The highest BCUT2D eigenvalue weighted by molar-refractivity contribution is 6.00. The van der Waals surface area contributed by atoms with Crippen LogP contribution in [-0.2, 0) is 11.2 Å². The van der Waals surface area contributed by atoms with Gasteiger partial charge >= 0.3 is 0 Å². The first kappa shape index (κ1) is 16.3. The van der Waals surface area contributed by atoms with E-state index in [1.54, 1.807) is 13.1 Å². The number of allylic oxidation sites excluding steroid dienone is 1. The summed E-state index contributed by atoms with van der Waals surface area (Å²) in [5.74, 6) is -0.216. The quantitative estimate of drug-likeness (QED) is 0.852. The first-order valence-corrected chi connectivity index (χ1v) is 9.03. The van der Waals surface area contributed by atoms with Crippen LogP contribution in [0.3, 0.4) is 0 Å². The summed E-state index contributed by atoms with van der Waals surface area (Å²) in [6, 6.07) is 1.18. The Bertz CT molecular complexity index is 744. The lowest BCUT2D eigenvalue weighted by molar-refractivity contribution is -0.119. The van der Waals surface area contributed by atoms with Gasteiger partial charge in [-0.2, -0.15) is 0 Å². The second-order valence-corrected chi connectivity index (χ2v) is 7.45. The summed E-state index contributed by atoms with van der Waals surface area (Å²) in [5, 5.41) is 3.60. The van der Waals surface area contributed by atoms with Crippen molar-refractivity contribution < 1.29 is 9.59 Å². The minimum Gasteiger partial charge on any atom is -0.381 e. The third kappa shape index (κ3) is 2.95. The number of hydrogen-bond acceptors (Lipinski definition) is 5. The number of rotatable bonds is 5. The van der Waals surface area contributed by atoms with Crippen molar-refractivity contribution in [1.82, 2.24) is 9.88 Å². The van der Waals surface area contributed by atoms with Crippen molar-refractivity contribution in [2.45, 2.75) is 57.2 Å². The van der Waals surface area contributed by atoms with Gasteiger partial charge in [-0.1, -0.05) is 12.2 Å². The van der Waals surface area contributed by atoms with Crippen LogP contribution in [0.15, 0.2) is 12.3 Å². The second kappa shape index (κ2) is 6.26. The number of ketones is 1. The van der Waals surface area contributed by atoms with Gasteiger partial charge < -0.3 is 11.1 Å². The van der Waals surface area contributed by atoms with E-state index >= 15 is 0 Å². The zero-order chi connectivity index (χ0) is 17.6. The molecule has 1 aromatic rings. The topological polar surface area (TPSA) is 88.3 Å². The van der Waals surface area contributed by atoms with Crippen molar-refractivity contribution in [2.75, 3.05) is 11.9 Å². The monoisotopic (exact) mass is 340 g/mol. The van der Waals surface area contributed by atoms with E-state index in [1.165, 1.54) is 0 Å². The zero-order valence-electron chi connectivity index (χ0n) is 14.5. The van der Waals surface area contributed by atoms with Crippen LogP contribution in [0.25, 0.3) is 6.08 Å². The lowest BCUT2D eigenvalue weighted by Gasteiger charge is -2.39. The molecule has 2 saturated heterocycles. The summed E-state index contributed by atoms with van der Waals surface area (Å²) in [5.41, 5.74) is 8.85. The fourth-order valence-electron chi connectivity index (χ4n) is 4.65. The van der Waals surface area contributed by atoms with Crippen LogP contribution in [0.5, 0.6) is 0 Å². The molecule has 1 aromatic heterocycles. The molecule has 3 N–H and O–H groups in total. The van der Waals surface area contributed by atoms with Crippen molar-refractivity contribution in [1.29, 1.82) is 0 Å². The number of fused-ring (bicyclic) bond motifs is 3.